The predicted octanol–water partition coefficient (Wildman–Crippen LogP) is 0.599. The van der Waals surface area contributed by atoms with Gasteiger partial charge in [-0.05, 0) is 19.8 Å². The topological polar surface area (TPSA) is 101 Å². The third-order valence-electron chi connectivity index (χ3n) is 2.78. The third kappa shape index (κ3) is 3.54. The van der Waals surface area contributed by atoms with E-state index >= 15 is 0 Å². The van der Waals surface area contributed by atoms with E-state index in [2.05, 4.69) is 9.71 Å². The highest BCUT2D eigenvalue weighted by atomic mass is 32.2. The van der Waals surface area contributed by atoms with E-state index in [1.807, 2.05) is 6.92 Å². The molecule has 7 nitrogen and oxygen atoms in total. The fourth-order valence-electron chi connectivity index (χ4n) is 1.63. The van der Waals surface area contributed by atoms with Crippen LogP contribution in [0, 0.1) is 12.8 Å². The quantitative estimate of drug-likeness (QED) is 0.798. The van der Waals surface area contributed by atoms with Gasteiger partial charge in [0.15, 0.2) is 5.03 Å². The minimum atomic E-state index is -3.92. The number of nitrogens with one attached hydrogen (secondary N) is 1. The Labute approximate surface area is 112 Å². The molecule has 0 fully saturated rings. The van der Waals surface area contributed by atoms with Crippen LogP contribution in [0.4, 0.5) is 0 Å². The first-order chi connectivity index (χ1) is 8.69. The summed E-state index contributed by atoms with van der Waals surface area (Å²) in [7, 11) is -3.92. The van der Waals surface area contributed by atoms with E-state index in [9.17, 15) is 13.2 Å². The van der Waals surface area contributed by atoms with Crippen molar-refractivity contribution in [1.82, 2.24) is 14.3 Å². The number of aryl methyl sites for hydroxylation is 2. The maximum atomic E-state index is 12.1. The molecule has 0 aliphatic rings. The van der Waals surface area contributed by atoms with Gasteiger partial charge in [0.2, 0.25) is 0 Å². The zero-order chi connectivity index (χ0) is 14.8. The molecule has 0 saturated heterocycles. The van der Waals surface area contributed by atoms with Crippen molar-refractivity contribution in [1.29, 1.82) is 0 Å². The number of aromatic nitrogens is 2. The van der Waals surface area contributed by atoms with Crippen LogP contribution in [0.1, 0.15) is 26.6 Å². The van der Waals surface area contributed by atoms with Crippen molar-refractivity contribution in [2.24, 2.45) is 5.92 Å². The van der Waals surface area contributed by atoms with Crippen molar-refractivity contribution in [3.63, 3.8) is 0 Å². The van der Waals surface area contributed by atoms with E-state index in [0.29, 0.717) is 12.4 Å². The van der Waals surface area contributed by atoms with E-state index in [1.54, 1.807) is 25.3 Å². The average molecular weight is 289 g/mol. The molecule has 1 atom stereocenters. The van der Waals surface area contributed by atoms with Gasteiger partial charge in [0.25, 0.3) is 10.0 Å². The molecule has 2 N–H and O–H groups in total. The number of carboxylic acid groups (broad SMARTS) is 1. The number of sulfonamides is 1. The summed E-state index contributed by atoms with van der Waals surface area (Å²) in [6.45, 7) is 7.43. The van der Waals surface area contributed by atoms with Crippen molar-refractivity contribution in [2.45, 2.75) is 45.3 Å². The Morgan fingerprint density at radius 1 is 1.53 bits per heavy atom. The minimum Gasteiger partial charge on any atom is -0.480 e. The monoisotopic (exact) mass is 289 g/mol. The van der Waals surface area contributed by atoms with E-state index in [0.717, 1.165) is 0 Å². The number of aliphatic carboxylic acids is 1. The summed E-state index contributed by atoms with van der Waals surface area (Å²) in [5.74, 6) is -0.994. The molecule has 0 aliphatic heterocycles. The van der Waals surface area contributed by atoms with Crippen molar-refractivity contribution in [3.8, 4) is 0 Å². The molecular weight excluding hydrogens is 270 g/mol. The molecular formula is C11H19N3O4S. The van der Waals surface area contributed by atoms with Crippen LogP contribution in [0.5, 0.6) is 0 Å². The Kier molecular flexibility index (Phi) is 4.70. The Hall–Kier alpha value is -1.41. The maximum Gasteiger partial charge on any atom is 0.322 e. The molecule has 0 saturated carbocycles. The minimum absolute atomic E-state index is 0.154. The Morgan fingerprint density at radius 3 is 2.47 bits per heavy atom. The molecule has 19 heavy (non-hydrogen) atoms. The summed E-state index contributed by atoms with van der Waals surface area (Å²) >= 11 is 0. The molecule has 0 bridgehead atoms. The lowest BCUT2D eigenvalue weighted by molar-refractivity contribution is -0.140. The molecule has 0 radical (unpaired) electrons. The normalized spacial score (nSPS) is 13.7. The Morgan fingerprint density at radius 2 is 2.11 bits per heavy atom. The van der Waals surface area contributed by atoms with Crippen LogP contribution in [0.25, 0.3) is 0 Å². The number of rotatable bonds is 6. The molecule has 0 amide bonds. The van der Waals surface area contributed by atoms with E-state index < -0.39 is 22.0 Å². The van der Waals surface area contributed by atoms with Gasteiger partial charge in [-0.15, -0.1) is 0 Å². The number of nitrogens with zero attached hydrogens (tertiary/aromatic N) is 2. The Balaban J connectivity index is 3.06. The summed E-state index contributed by atoms with van der Waals surface area (Å²) in [6.07, 6.45) is 1.40. The second kappa shape index (κ2) is 5.70. The highest BCUT2D eigenvalue weighted by molar-refractivity contribution is 7.89. The zero-order valence-corrected chi connectivity index (χ0v) is 12.2. The predicted molar refractivity (Wildman–Crippen MR) is 69.2 cm³/mol. The first-order valence-corrected chi connectivity index (χ1v) is 7.46. The smallest absolute Gasteiger partial charge is 0.322 e. The van der Waals surface area contributed by atoms with Gasteiger partial charge in [0, 0.05) is 12.7 Å². The van der Waals surface area contributed by atoms with Gasteiger partial charge < -0.3 is 9.67 Å². The highest BCUT2D eigenvalue weighted by Gasteiger charge is 2.29. The molecule has 1 aromatic heterocycles. The van der Waals surface area contributed by atoms with E-state index in [4.69, 9.17) is 5.11 Å². The van der Waals surface area contributed by atoms with E-state index in [1.165, 1.54) is 6.20 Å². The summed E-state index contributed by atoms with van der Waals surface area (Å²) in [5.41, 5.74) is 0. The number of carboxylic acids is 1. The van der Waals surface area contributed by atoms with Crippen LogP contribution in [0.3, 0.4) is 0 Å². The van der Waals surface area contributed by atoms with E-state index in [-0.39, 0.29) is 10.9 Å². The molecule has 0 aliphatic carbocycles. The van der Waals surface area contributed by atoms with Gasteiger partial charge in [-0.2, -0.15) is 4.72 Å². The van der Waals surface area contributed by atoms with Gasteiger partial charge in [-0.25, -0.2) is 13.4 Å². The third-order valence-corrected chi connectivity index (χ3v) is 4.10. The lowest BCUT2D eigenvalue weighted by Gasteiger charge is -2.16. The van der Waals surface area contributed by atoms with Crippen molar-refractivity contribution >= 4 is 16.0 Å². The molecule has 1 rings (SSSR count). The molecule has 1 aromatic rings. The lowest BCUT2D eigenvalue weighted by Crippen LogP contribution is -2.44. The largest absolute Gasteiger partial charge is 0.480 e. The molecule has 1 unspecified atom stereocenters. The summed E-state index contributed by atoms with van der Waals surface area (Å²) in [4.78, 5) is 15.0. The van der Waals surface area contributed by atoms with Crippen LogP contribution in [-0.2, 0) is 21.4 Å². The zero-order valence-electron chi connectivity index (χ0n) is 11.4. The SMILES string of the molecule is CCn1cc(S(=O)(=O)NC(C(=O)O)C(C)C)nc1C. The molecule has 0 aromatic carbocycles. The van der Waals surface area contributed by atoms with Gasteiger partial charge in [0.1, 0.15) is 11.9 Å². The van der Waals surface area contributed by atoms with Gasteiger partial charge in [-0.3, -0.25) is 4.79 Å². The molecule has 108 valence electrons. The molecule has 8 heteroatoms. The standard InChI is InChI=1S/C11H19N3O4S/c1-5-14-6-9(12-8(14)4)19(17,18)13-10(7(2)3)11(15)16/h6-7,10,13H,5H2,1-4H3,(H,15,16). The van der Waals surface area contributed by atoms with Crippen molar-refractivity contribution in [3.05, 3.63) is 12.0 Å². The van der Waals surface area contributed by atoms with Crippen LogP contribution < -0.4 is 4.72 Å². The fourth-order valence-corrected chi connectivity index (χ4v) is 2.97. The summed E-state index contributed by atoms with van der Waals surface area (Å²) in [6, 6.07) is -1.17. The number of imidazole rings is 1. The van der Waals surface area contributed by atoms with Gasteiger partial charge in [0.05, 0.1) is 0 Å². The number of carbonyl (C=O) groups is 1. The molecule has 0 spiro atoms. The molecule has 1 heterocycles. The van der Waals surface area contributed by atoms with Crippen molar-refractivity contribution in [2.75, 3.05) is 0 Å². The van der Waals surface area contributed by atoms with Crippen molar-refractivity contribution < 1.29 is 18.3 Å². The van der Waals surface area contributed by atoms with Gasteiger partial charge >= 0.3 is 5.97 Å². The summed E-state index contributed by atoms with van der Waals surface area (Å²) < 4.78 is 28.0. The second-order valence-corrected chi connectivity index (χ2v) is 6.25. The van der Waals surface area contributed by atoms with Gasteiger partial charge in [-0.1, -0.05) is 13.8 Å². The summed E-state index contributed by atoms with van der Waals surface area (Å²) in [5, 5.41) is 8.85. The number of hydrogen-bond donors (Lipinski definition) is 2. The maximum absolute atomic E-state index is 12.1. The van der Waals surface area contributed by atoms with Crippen LogP contribution in [0.2, 0.25) is 0 Å². The van der Waals surface area contributed by atoms with Crippen LogP contribution >= 0.6 is 0 Å². The van der Waals surface area contributed by atoms with Crippen LogP contribution in [-0.4, -0.2) is 35.1 Å². The second-order valence-electron chi connectivity index (χ2n) is 4.59. The first kappa shape index (κ1) is 15.6. The lowest BCUT2D eigenvalue weighted by atomic mass is 10.1. The fraction of sp³-hybridized carbons (Fsp3) is 0.636. The van der Waals surface area contributed by atoms with Crippen LogP contribution in [0.15, 0.2) is 11.2 Å². The highest BCUT2D eigenvalue weighted by Crippen LogP contribution is 2.12. The Bertz CT molecular complexity index is 562. The average Bonchev–Trinajstić information content (AvgIpc) is 2.67. The first-order valence-electron chi connectivity index (χ1n) is 5.98. The number of hydrogen-bond acceptors (Lipinski definition) is 4.